The molecular formula is C13H29N3O. The Kier molecular flexibility index (Phi) is 8.17. The molecule has 2 atom stereocenters. The summed E-state index contributed by atoms with van der Waals surface area (Å²) in [5, 5.41) is 2.90. The predicted octanol–water partition coefficient (Wildman–Crippen LogP) is 1.21. The number of rotatable bonds is 8. The molecular weight excluding hydrogens is 214 g/mol. The van der Waals surface area contributed by atoms with Gasteiger partial charge in [0.2, 0.25) is 5.91 Å². The smallest absolute Gasteiger partial charge is 0.237 e. The lowest BCUT2D eigenvalue weighted by molar-refractivity contribution is -0.123. The lowest BCUT2D eigenvalue weighted by atomic mass is 9.99. The first-order chi connectivity index (χ1) is 7.90. The molecule has 3 N–H and O–H groups in total. The summed E-state index contributed by atoms with van der Waals surface area (Å²) in [5.74, 6) is 0.222. The third-order valence-electron chi connectivity index (χ3n) is 3.43. The van der Waals surface area contributed by atoms with Crippen molar-refractivity contribution < 1.29 is 4.79 Å². The summed E-state index contributed by atoms with van der Waals surface area (Å²) in [5.41, 5.74) is 5.84. The lowest BCUT2D eigenvalue weighted by Gasteiger charge is -2.21. The van der Waals surface area contributed by atoms with Gasteiger partial charge in [-0.05, 0) is 39.8 Å². The number of amides is 1. The molecule has 17 heavy (non-hydrogen) atoms. The highest BCUT2D eigenvalue weighted by molar-refractivity contribution is 5.81. The second kappa shape index (κ2) is 8.48. The molecule has 0 aliphatic heterocycles. The van der Waals surface area contributed by atoms with E-state index in [2.05, 4.69) is 38.0 Å². The first kappa shape index (κ1) is 16.4. The largest absolute Gasteiger partial charge is 0.355 e. The molecule has 0 aromatic heterocycles. The first-order valence-electron chi connectivity index (χ1n) is 6.63. The fraction of sp³-hybridized carbons (Fsp3) is 0.923. The molecule has 0 saturated heterocycles. The van der Waals surface area contributed by atoms with Crippen LogP contribution in [0.5, 0.6) is 0 Å². The molecule has 4 nitrogen and oxygen atoms in total. The molecule has 0 aliphatic carbocycles. The van der Waals surface area contributed by atoms with E-state index in [0.717, 1.165) is 19.4 Å². The quantitative estimate of drug-likeness (QED) is 0.630. The van der Waals surface area contributed by atoms with Crippen LogP contribution in [-0.2, 0) is 4.79 Å². The standard InChI is InChI=1S/C13H29N3O/c1-6-11(4)12(14)13(17)15-8-7-9-16(5)10(2)3/h10-12H,6-9,14H2,1-5H3,(H,15,17)/t11?,12-/m0/s1. The van der Waals surface area contributed by atoms with E-state index in [1.807, 2.05) is 6.92 Å². The zero-order valence-electron chi connectivity index (χ0n) is 12.0. The van der Waals surface area contributed by atoms with E-state index in [1.54, 1.807) is 0 Å². The van der Waals surface area contributed by atoms with Gasteiger partial charge >= 0.3 is 0 Å². The summed E-state index contributed by atoms with van der Waals surface area (Å²) >= 11 is 0. The molecule has 0 saturated carbocycles. The highest BCUT2D eigenvalue weighted by atomic mass is 16.2. The SMILES string of the molecule is CCC(C)[C@H](N)C(=O)NCCCN(C)C(C)C. The van der Waals surface area contributed by atoms with Crippen LogP contribution < -0.4 is 11.1 Å². The second-order valence-electron chi connectivity index (χ2n) is 5.13. The molecule has 0 aromatic rings. The minimum atomic E-state index is -0.372. The van der Waals surface area contributed by atoms with Gasteiger partial charge in [0.15, 0.2) is 0 Å². The molecule has 0 aliphatic rings. The Hall–Kier alpha value is -0.610. The molecule has 102 valence electrons. The van der Waals surface area contributed by atoms with Gasteiger partial charge in [0, 0.05) is 12.6 Å². The van der Waals surface area contributed by atoms with Gasteiger partial charge < -0.3 is 16.0 Å². The summed E-state index contributed by atoms with van der Waals surface area (Å²) in [7, 11) is 2.09. The van der Waals surface area contributed by atoms with Gasteiger partial charge in [0.05, 0.1) is 6.04 Å². The van der Waals surface area contributed by atoms with Crippen molar-refractivity contribution in [2.45, 2.75) is 52.6 Å². The van der Waals surface area contributed by atoms with Gasteiger partial charge in [0.1, 0.15) is 0 Å². The minimum Gasteiger partial charge on any atom is -0.355 e. The highest BCUT2D eigenvalue weighted by Gasteiger charge is 2.18. The molecule has 1 unspecified atom stereocenters. The Morgan fingerprint density at radius 3 is 2.41 bits per heavy atom. The van der Waals surface area contributed by atoms with Crippen LogP contribution in [0.25, 0.3) is 0 Å². The predicted molar refractivity (Wildman–Crippen MR) is 72.8 cm³/mol. The summed E-state index contributed by atoms with van der Waals surface area (Å²) in [6, 6.07) is 0.177. The van der Waals surface area contributed by atoms with Gasteiger partial charge in [0.25, 0.3) is 0 Å². The highest BCUT2D eigenvalue weighted by Crippen LogP contribution is 2.04. The Morgan fingerprint density at radius 2 is 1.94 bits per heavy atom. The summed E-state index contributed by atoms with van der Waals surface area (Å²) < 4.78 is 0. The lowest BCUT2D eigenvalue weighted by Crippen LogP contribution is -2.45. The van der Waals surface area contributed by atoms with Crippen LogP contribution in [0, 0.1) is 5.92 Å². The van der Waals surface area contributed by atoms with Crippen molar-refractivity contribution in [3.8, 4) is 0 Å². The van der Waals surface area contributed by atoms with E-state index >= 15 is 0 Å². The Morgan fingerprint density at radius 1 is 1.35 bits per heavy atom. The van der Waals surface area contributed by atoms with Crippen molar-refractivity contribution in [3.05, 3.63) is 0 Å². The van der Waals surface area contributed by atoms with Crippen LogP contribution in [0.2, 0.25) is 0 Å². The molecule has 0 spiro atoms. The van der Waals surface area contributed by atoms with Crippen molar-refractivity contribution in [2.75, 3.05) is 20.1 Å². The van der Waals surface area contributed by atoms with Gasteiger partial charge in [-0.1, -0.05) is 20.3 Å². The average Bonchev–Trinajstić information content (AvgIpc) is 2.31. The molecule has 0 bridgehead atoms. The van der Waals surface area contributed by atoms with Gasteiger partial charge in [-0.25, -0.2) is 0 Å². The van der Waals surface area contributed by atoms with Crippen molar-refractivity contribution in [2.24, 2.45) is 11.7 Å². The number of hydrogen-bond donors (Lipinski definition) is 2. The minimum absolute atomic E-state index is 0.0217. The normalized spacial score (nSPS) is 15.1. The average molecular weight is 243 g/mol. The van der Waals surface area contributed by atoms with Crippen molar-refractivity contribution >= 4 is 5.91 Å². The monoisotopic (exact) mass is 243 g/mol. The van der Waals surface area contributed by atoms with Gasteiger partial charge in [-0.15, -0.1) is 0 Å². The first-order valence-corrected chi connectivity index (χ1v) is 6.63. The Labute approximate surface area is 106 Å². The maximum atomic E-state index is 11.7. The molecule has 0 heterocycles. The number of carbonyl (C=O) groups is 1. The molecule has 0 rings (SSSR count). The van der Waals surface area contributed by atoms with Gasteiger partial charge in [-0.3, -0.25) is 4.79 Å². The summed E-state index contributed by atoms with van der Waals surface area (Å²) in [6.45, 7) is 10.1. The number of carbonyl (C=O) groups excluding carboxylic acids is 1. The van der Waals surface area contributed by atoms with E-state index < -0.39 is 0 Å². The zero-order valence-corrected chi connectivity index (χ0v) is 12.0. The van der Waals surface area contributed by atoms with Crippen LogP contribution in [-0.4, -0.2) is 43.0 Å². The number of nitrogens with zero attached hydrogens (tertiary/aromatic N) is 1. The molecule has 0 fully saturated rings. The van der Waals surface area contributed by atoms with Crippen molar-refractivity contribution in [1.82, 2.24) is 10.2 Å². The van der Waals surface area contributed by atoms with Crippen LogP contribution in [0.1, 0.15) is 40.5 Å². The topological polar surface area (TPSA) is 58.4 Å². The van der Waals surface area contributed by atoms with Crippen molar-refractivity contribution in [1.29, 1.82) is 0 Å². The van der Waals surface area contributed by atoms with E-state index in [9.17, 15) is 4.79 Å². The fourth-order valence-electron chi connectivity index (χ4n) is 1.43. The zero-order chi connectivity index (χ0) is 13.4. The van der Waals surface area contributed by atoms with Crippen LogP contribution in [0.4, 0.5) is 0 Å². The Balaban J connectivity index is 3.71. The summed E-state index contributed by atoms with van der Waals surface area (Å²) in [6.07, 6.45) is 1.90. The molecule has 4 heteroatoms. The van der Waals surface area contributed by atoms with E-state index in [0.29, 0.717) is 12.6 Å². The van der Waals surface area contributed by atoms with E-state index in [1.165, 1.54) is 0 Å². The van der Waals surface area contributed by atoms with E-state index in [4.69, 9.17) is 5.73 Å². The number of hydrogen-bond acceptors (Lipinski definition) is 3. The third kappa shape index (κ3) is 6.64. The maximum absolute atomic E-state index is 11.7. The number of nitrogens with one attached hydrogen (secondary N) is 1. The number of nitrogens with two attached hydrogens (primary N) is 1. The van der Waals surface area contributed by atoms with Crippen LogP contribution >= 0.6 is 0 Å². The van der Waals surface area contributed by atoms with Gasteiger partial charge in [-0.2, -0.15) is 0 Å². The Bertz CT molecular complexity index is 219. The van der Waals surface area contributed by atoms with Crippen LogP contribution in [0.3, 0.4) is 0 Å². The molecule has 0 radical (unpaired) electrons. The maximum Gasteiger partial charge on any atom is 0.237 e. The third-order valence-corrected chi connectivity index (χ3v) is 3.43. The second-order valence-corrected chi connectivity index (χ2v) is 5.13. The summed E-state index contributed by atoms with van der Waals surface area (Å²) in [4.78, 5) is 13.9. The van der Waals surface area contributed by atoms with Crippen molar-refractivity contribution in [3.63, 3.8) is 0 Å². The van der Waals surface area contributed by atoms with E-state index in [-0.39, 0.29) is 17.9 Å². The molecule has 1 amide bonds. The van der Waals surface area contributed by atoms with Crippen LogP contribution in [0.15, 0.2) is 0 Å². The fourth-order valence-corrected chi connectivity index (χ4v) is 1.43. The molecule has 0 aromatic carbocycles.